The van der Waals surface area contributed by atoms with Crippen molar-refractivity contribution in [3.8, 4) is 0 Å². The van der Waals surface area contributed by atoms with E-state index in [1.54, 1.807) is 35.6 Å². The Labute approximate surface area is 139 Å². The number of hydrogen-bond donors (Lipinski definition) is 1. The molecule has 1 aromatic carbocycles. The number of aryl methyl sites for hydroxylation is 1. The molecular formula is C17H20FN3O3. The Morgan fingerprint density at radius 2 is 2.08 bits per heavy atom. The number of ether oxygens (including phenoxy) is 1. The summed E-state index contributed by atoms with van der Waals surface area (Å²) >= 11 is 0. The van der Waals surface area contributed by atoms with E-state index in [-0.39, 0.29) is 30.8 Å². The van der Waals surface area contributed by atoms with E-state index in [9.17, 15) is 14.0 Å². The Kier molecular flexibility index (Phi) is 4.04. The van der Waals surface area contributed by atoms with Crippen LogP contribution in [0.3, 0.4) is 0 Å². The average molecular weight is 333 g/mol. The van der Waals surface area contributed by atoms with Crippen molar-refractivity contribution in [1.82, 2.24) is 14.8 Å². The smallest absolute Gasteiger partial charge is 0.270 e. The zero-order valence-electron chi connectivity index (χ0n) is 13.9. The van der Waals surface area contributed by atoms with Gasteiger partial charge in [-0.3, -0.25) is 9.59 Å². The molecule has 6 nitrogen and oxygen atoms in total. The highest BCUT2D eigenvalue weighted by Gasteiger charge is 2.40. The number of benzene rings is 1. The molecule has 0 bridgehead atoms. The molecule has 1 atom stereocenters. The van der Waals surface area contributed by atoms with Crippen LogP contribution in [0.15, 0.2) is 24.3 Å². The van der Waals surface area contributed by atoms with Gasteiger partial charge in [0, 0.05) is 31.5 Å². The van der Waals surface area contributed by atoms with Crippen molar-refractivity contribution in [2.45, 2.75) is 12.5 Å². The molecule has 0 radical (unpaired) electrons. The Morgan fingerprint density at radius 3 is 2.79 bits per heavy atom. The van der Waals surface area contributed by atoms with E-state index >= 15 is 0 Å². The number of fused-ring (bicyclic) bond motifs is 1. The number of aromatic nitrogens is 1. The molecule has 2 heterocycles. The van der Waals surface area contributed by atoms with Crippen LogP contribution in [0.25, 0.3) is 10.9 Å². The molecule has 7 heteroatoms. The van der Waals surface area contributed by atoms with Gasteiger partial charge in [0.2, 0.25) is 0 Å². The summed E-state index contributed by atoms with van der Waals surface area (Å²) < 4.78 is 20.7. The topological polar surface area (TPSA) is 63.6 Å². The minimum absolute atomic E-state index is 0.168. The van der Waals surface area contributed by atoms with E-state index in [0.29, 0.717) is 17.6 Å². The number of hydrogen-bond acceptors (Lipinski definition) is 3. The predicted molar refractivity (Wildman–Crippen MR) is 87.2 cm³/mol. The van der Waals surface area contributed by atoms with Gasteiger partial charge in [0.1, 0.15) is 11.5 Å². The molecule has 0 saturated carbocycles. The molecule has 128 valence electrons. The normalized spacial score (nSPS) is 21.1. The van der Waals surface area contributed by atoms with Crippen molar-refractivity contribution in [2.75, 3.05) is 26.7 Å². The van der Waals surface area contributed by atoms with Crippen LogP contribution in [0.4, 0.5) is 4.39 Å². The molecule has 1 aliphatic rings. The summed E-state index contributed by atoms with van der Waals surface area (Å²) in [4.78, 5) is 26.5. The molecule has 3 rings (SSSR count). The third-order valence-corrected chi connectivity index (χ3v) is 4.49. The first-order valence-electron chi connectivity index (χ1n) is 7.76. The first-order chi connectivity index (χ1) is 11.4. The first-order valence-corrected chi connectivity index (χ1v) is 7.76. The monoisotopic (exact) mass is 333 g/mol. The van der Waals surface area contributed by atoms with E-state index in [1.165, 1.54) is 19.2 Å². The van der Waals surface area contributed by atoms with Gasteiger partial charge in [-0.15, -0.1) is 0 Å². The summed E-state index contributed by atoms with van der Waals surface area (Å²) in [6.07, 6.45) is 0. The second-order valence-corrected chi connectivity index (χ2v) is 6.18. The lowest BCUT2D eigenvalue weighted by Gasteiger charge is -2.39. The first kappa shape index (κ1) is 16.4. The lowest BCUT2D eigenvalue weighted by atomic mass is 10.0. The number of nitrogens with zero attached hydrogens (tertiary/aromatic N) is 2. The van der Waals surface area contributed by atoms with E-state index in [1.807, 2.05) is 0 Å². The molecule has 1 aromatic heterocycles. The van der Waals surface area contributed by atoms with Gasteiger partial charge in [0.15, 0.2) is 5.60 Å². The van der Waals surface area contributed by atoms with E-state index in [0.717, 1.165) is 5.52 Å². The second kappa shape index (κ2) is 5.90. The van der Waals surface area contributed by atoms with Crippen LogP contribution in [-0.4, -0.2) is 53.6 Å². The van der Waals surface area contributed by atoms with Gasteiger partial charge < -0.3 is 19.5 Å². The van der Waals surface area contributed by atoms with Gasteiger partial charge in [-0.1, -0.05) is 0 Å². The second-order valence-electron chi connectivity index (χ2n) is 6.18. The highest BCUT2D eigenvalue weighted by Crippen LogP contribution is 2.24. The number of halogens is 1. The van der Waals surface area contributed by atoms with Crippen LogP contribution in [0.2, 0.25) is 0 Å². The number of amides is 2. The van der Waals surface area contributed by atoms with Crippen LogP contribution in [0.5, 0.6) is 0 Å². The van der Waals surface area contributed by atoms with Crippen LogP contribution in [0, 0.1) is 5.82 Å². The van der Waals surface area contributed by atoms with E-state index in [4.69, 9.17) is 4.74 Å². The van der Waals surface area contributed by atoms with E-state index in [2.05, 4.69) is 5.32 Å². The molecule has 2 aromatic rings. The largest absolute Gasteiger partial charge is 0.362 e. The Morgan fingerprint density at radius 1 is 1.33 bits per heavy atom. The predicted octanol–water partition coefficient (Wildman–Crippen LogP) is 1.29. The van der Waals surface area contributed by atoms with Gasteiger partial charge in [-0.2, -0.15) is 0 Å². The van der Waals surface area contributed by atoms with Crippen molar-refractivity contribution >= 4 is 22.7 Å². The number of morpholine rings is 1. The SMILES string of the molecule is CNC(=O)C1(C)CN(C(=O)c2cc3cc(F)ccc3n2C)CCO1. The van der Waals surface area contributed by atoms with E-state index < -0.39 is 5.60 Å². The maximum Gasteiger partial charge on any atom is 0.270 e. The molecule has 1 unspecified atom stereocenters. The summed E-state index contributed by atoms with van der Waals surface area (Å²) in [7, 11) is 3.31. The molecule has 1 N–H and O–H groups in total. The zero-order valence-corrected chi connectivity index (χ0v) is 13.9. The van der Waals surface area contributed by atoms with Crippen molar-refractivity contribution < 1.29 is 18.7 Å². The maximum absolute atomic E-state index is 13.4. The third-order valence-electron chi connectivity index (χ3n) is 4.49. The highest BCUT2D eigenvalue weighted by atomic mass is 19.1. The summed E-state index contributed by atoms with van der Waals surface area (Å²) in [5, 5.41) is 3.23. The lowest BCUT2D eigenvalue weighted by molar-refractivity contribution is -0.153. The molecule has 24 heavy (non-hydrogen) atoms. The average Bonchev–Trinajstić information content (AvgIpc) is 2.89. The van der Waals surface area contributed by atoms with Gasteiger partial charge >= 0.3 is 0 Å². The molecular weight excluding hydrogens is 313 g/mol. The zero-order chi connectivity index (χ0) is 17.5. The molecule has 1 aliphatic heterocycles. The summed E-state index contributed by atoms with van der Waals surface area (Å²) in [5.41, 5.74) is 0.165. The highest BCUT2D eigenvalue weighted by molar-refractivity contribution is 5.99. The van der Waals surface area contributed by atoms with Gasteiger partial charge in [0.25, 0.3) is 11.8 Å². The van der Waals surface area contributed by atoms with Crippen LogP contribution < -0.4 is 5.32 Å². The Bertz CT molecular complexity index is 817. The quantitative estimate of drug-likeness (QED) is 0.901. The number of carbonyl (C=O) groups excluding carboxylic acids is 2. The fourth-order valence-corrected chi connectivity index (χ4v) is 3.13. The van der Waals surface area contributed by atoms with Gasteiger partial charge in [-0.25, -0.2) is 4.39 Å². The summed E-state index contributed by atoms with van der Waals surface area (Å²) in [5.74, 6) is -0.808. The molecule has 0 aliphatic carbocycles. The standard InChI is InChI=1S/C17H20FN3O3/c1-17(16(23)19-2)10-21(6-7-24-17)15(22)14-9-11-8-12(18)4-5-13(11)20(14)3/h4-5,8-9H,6-7,10H2,1-3H3,(H,19,23). The lowest BCUT2D eigenvalue weighted by Crippen LogP contribution is -2.59. The minimum Gasteiger partial charge on any atom is -0.362 e. The molecule has 2 amide bonds. The number of carbonyl (C=O) groups is 2. The Hall–Kier alpha value is -2.41. The molecule has 0 spiro atoms. The maximum atomic E-state index is 13.4. The van der Waals surface area contributed by atoms with Crippen LogP contribution in [-0.2, 0) is 16.6 Å². The number of likely N-dealkylation sites (N-methyl/N-ethyl adjacent to an activating group) is 1. The fraction of sp³-hybridized carbons (Fsp3) is 0.412. The number of nitrogens with one attached hydrogen (secondary N) is 1. The van der Waals surface area contributed by atoms with Gasteiger partial charge in [-0.05, 0) is 31.2 Å². The third kappa shape index (κ3) is 2.65. The fourth-order valence-electron chi connectivity index (χ4n) is 3.13. The molecule has 1 saturated heterocycles. The van der Waals surface area contributed by atoms with Crippen LogP contribution >= 0.6 is 0 Å². The van der Waals surface area contributed by atoms with Crippen LogP contribution in [0.1, 0.15) is 17.4 Å². The van der Waals surface area contributed by atoms with Crippen molar-refractivity contribution in [2.24, 2.45) is 7.05 Å². The molecule has 1 fully saturated rings. The van der Waals surface area contributed by atoms with Gasteiger partial charge in [0.05, 0.1) is 13.2 Å². The number of rotatable bonds is 2. The Balaban J connectivity index is 1.91. The van der Waals surface area contributed by atoms with Crippen molar-refractivity contribution in [1.29, 1.82) is 0 Å². The minimum atomic E-state index is -1.07. The van der Waals surface area contributed by atoms with Crippen molar-refractivity contribution in [3.05, 3.63) is 35.8 Å². The summed E-state index contributed by atoms with van der Waals surface area (Å²) in [6, 6.07) is 6.09. The summed E-state index contributed by atoms with van der Waals surface area (Å²) in [6.45, 7) is 2.53. The van der Waals surface area contributed by atoms with Crippen molar-refractivity contribution in [3.63, 3.8) is 0 Å².